The third-order valence-electron chi connectivity index (χ3n) is 5.80. The van der Waals surface area contributed by atoms with E-state index in [1.54, 1.807) is 30.3 Å². The molecule has 1 aliphatic rings. The molecule has 1 aromatic heterocycles. The number of fused-ring (bicyclic) bond motifs is 1. The molecule has 6 heteroatoms. The summed E-state index contributed by atoms with van der Waals surface area (Å²) in [4.78, 5) is 12.4. The number of nitrogens with two attached hydrogens (primary N) is 1. The molecule has 1 heterocycles. The first-order chi connectivity index (χ1) is 14.0. The van der Waals surface area contributed by atoms with E-state index >= 15 is 0 Å². The van der Waals surface area contributed by atoms with E-state index in [2.05, 4.69) is 6.07 Å². The zero-order valence-electron chi connectivity index (χ0n) is 15.9. The molecular weight excluding hydrogens is 369 g/mol. The van der Waals surface area contributed by atoms with Crippen LogP contribution in [0.1, 0.15) is 58.8 Å². The Hall–Kier alpha value is -3.17. The Labute approximate surface area is 168 Å². The van der Waals surface area contributed by atoms with Crippen LogP contribution in [0.15, 0.2) is 42.5 Å². The van der Waals surface area contributed by atoms with Gasteiger partial charge in [0.2, 0.25) is 0 Å². The number of amides is 1. The number of rotatable bonds is 4. The molecule has 3 N–H and O–H groups in total. The molecule has 0 bridgehead atoms. The summed E-state index contributed by atoms with van der Waals surface area (Å²) in [6, 6.07) is 14.0. The van der Waals surface area contributed by atoms with Crippen LogP contribution in [0.2, 0.25) is 0 Å². The van der Waals surface area contributed by atoms with Crippen LogP contribution in [0.4, 0.5) is 4.39 Å². The van der Waals surface area contributed by atoms with Crippen LogP contribution in [0.3, 0.4) is 0 Å². The Balaban J connectivity index is 1.98. The highest BCUT2D eigenvalue weighted by molar-refractivity contribution is 6.08. The molecule has 0 saturated heterocycles. The monoisotopic (exact) mass is 391 g/mol. The molecule has 0 aliphatic heterocycles. The van der Waals surface area contributed by atoms with Crippen molar-refractivity contribution in [3.8, 4) is 6.07 Å². The molecule has 1 saturated carbocycles. The molecular formula is C23H22FN3O2. The number of carbonyl (C=O) groups is 1. The van der Waals surface area contributed by atoms with Gasteiger partial charge in [0.25, 0.3) is 5.91 Å². The molecule has 0 spiro atoms. The highest BCUT2D eigenvalue weighted by atomic mass is 19.1. The zero-order valence-corrected chi connectivity index (χ0v) is 15.9. The number of primary amides is 1. The van der Waals surface area contributed by atoms with Gasteiger partial charge in [-0.15, -0.1) is 0 Å². The van der Waals surface area contributed by atoms with Crippen molar-refractivity contribution in [2.75, 3.05) is 0 Å². The predicted octanol–water partition coefficient (Wildman–Crippen LogP) is 3.82. The lowest BCUT2D eigenvalue weighted by Gasteiger charge is -2.29. The van der Waals surface area contributed by atoms with Crippen molar-refractivity contribution in [2.24, 2.45) is 5.73 Å². The lowest BCUT2D eigenvalue weighted by atomic mass is 9.82. The molecule has 4 rings (SSSR count). The van der Waals surface area contributed by atoms with E-state index in [4.69, 9.17) is 5.73 Å². The van der Waals surface area contributed by atoms with Crippen LogP contribution in [-0.2, 0) is 6.54 Å². The van der Waals surface area contributed by atoms with Gasteiger partial charge < -0.3 is 15.4 Å². The second kappa shape index (κ2) is 7.69. The average Bonchev–Trinajstić information content (AvgIpc) is 3.04. The Morgan fingerprint density at radius 2 is 2.00 bits per heavy atom. The molecule has 1 aliphatic carbocycles. The SMILES string of the molecule is N#Cc1cccc(Cn2c([C@@H]3CCCC[C@@H]3O)c(C(N)=O)c3c(F)cccc32)c1. The molecule has 5 nitrogen and oxygen atoms in total. The molecule has 2 atom stereocenters. The van der Waals surface area contributed by atoms with E-state index in [9.17, 15) is 19.6 Å². The molecule has 29 heavy (non-hydrogen) atoms. The van der Waals surface area contributed by atoms with Crippen molar-refractivity contribution in [2.45, 2.75) is 44.2 Å². The number of nitrogens with zero attached hydrogens (tertiary/aromatic N) is 2. The van der Waals surface area contributed by atoms with Crippen LogP contribution < -0.4 is 5.73 Å². The maximum Gasteiger partial charge on any atom is 0.251 e. The number of benzene rings is 2. The van der Waals surface area contributed by atoms with E-state index in [0.717, 1.165) is 18.4 Å². The van der Waals surface area contributed by atoms with Gasteiger partial charge in [0, 0.05) is 23.5 Å². The van der Waals surface area contributed by atoms with Crippen LogP contribution in [0.25, 0.3) is 10.9 Å². The van der Waals surface area contributed by atoms with Gasteiger partial charge >= 0.3 is 0 Å². The molecule has 1 amide bonds. The Kier molecular flexibility index (Phi) is 5.08. The summed E-state index contributed by atoms with van der Waals surface area (Å²) in [5.41, 5.74) is 8.40. The molecule has 148 valence electrons. The molecule has 1 fully saturated rings. The fourth-order valence-corrected chi connectivity index (χ4v) is 4.54. The Morgan fingerprint density at radius 1 is 1.24 bits per heavy atom. The van der Waals surface area contributed by atoms with Crippen molar-refractivity contribution in [1.82, 2.24) is 4.57 Å². The summed E-state index contributed by atoms with van der Waals surface area (Å²) in [7, 11) is 0. The van der Waals surface area contributed by atoms with E-state index in [1.165, 1.54) is 6.07 Å². The van der Waals surface area contributed by atoms with Crippen LogP contribution in [-0.4, -0.2) is 21.7 Å². The number of carbonyl (C=O) groups excluding carboxylic acids is 1. The van der Waals surface area contributed by atoms with Crippen LogP contribution in [0, 0.1) is 17.1 Å². The summed E-state index contributed by atoms with van der Waals surface area (Å²) in [5.74, 6) is -1.50. The van der Waals surface area contributed by atoms with Gasteiger partial charge in [-0.3, -0.25) is 4.79 Å². The minimum absolute atomic E-state index is 0.153. The van der Waals surface area contributed by atoms with Crippen molar-refractivity contribution in [3.05, 3.63) is 70.7 Å². The van der Waals surface area contributed by atoms with Crippen molar-refractivity contribution < 1.29 is 14.3 Å². The highest BCUT2D eigenvalue weighted by Crippen LogP contribution is 2.40. The van der Waals surface area contributed by atoms with Gasteiger partial charge in [-0.1, -0.05) is 31.0 Å². The summed E-state index contributed by atoms with van der Waals surface area (Å²) in [6.45, 7) is 0.349. The van der Waals surface area contributed by atoms with Gasteiger partial charge in [0.05, 0.1) is 28.8 Å². The molecule has 2 aromatic carbocycles. The third kappa shape index (κ3) is 3.39. The number of nitriles is 1. The minimum atomic E-state index is -0.697. The first kappa shape index (κ1) is 19.2. The van der Waals surface area contributed by atoms with Crippen LogP contribution in [0.5, 0.6) is 0 Å². The molecule has 0 unspecified atom stereocenters. The largest absolute Gasteiger partial charge is 0.392 e. The quantitative estimate of drug-likeness (QED) is 0.708. The number of aromatic nitrogens is 1. The minimum Gasteiger partial charge on any atom is -0.392 e. The highest BCUT2D eigenvalue weighted by Gasteiger charge is 2.34. The van der Waals surface area contributed by atoms with Crippen LogP contribution >= 0.6 is 0 Å². The van der Waals surface area contributed by atoms with Gasteiger partial charge in [-0.2, -0.15) is 5.26 Å². The summed E-state index contributed by atoms with van der Waals surface area (Å²) in [5, 5.41) is 20.1. The number of aliphatic hydroxyl groups excluding tert-OH is 1. The number of hydrogen-bond donors (Lipinski definition) is 2. The Morgan fingerprint density at radius 3 is 2.72 bits per heavy atom. The van der Waals surface area contributed by atoms with E-state index < -0.39 is 17.8 Å². The standard InChI is InChI=1S/C23H22FN3O2/c24-17-8-4-9-18-20(17)21(23(26)29)22(16-7-1-2-10-19(16)28)27(18)13-15-6-3-5-14(11-15)12-25/h3-6,8-9,11,16,19,28H,1-2,7,10,13H2,(H2,26,29)/t16-,19+/m1/s1. The van der Waals surface area contributed by atoms with E-state index in [-0.39, 0.29) is 16.9 Å². The van der Waals surface area contributed by atoms with Gasteiger partial charge in [-0.25, -0.2) is 4.39 Å². The molecule has 0 radical (unpaired) electrons. The van der Waals surface area contributed by atoms with Gasteiger partial charge in [-0.05, 0) is 42.7 Å². The first-order valence-electron chi connectivity index (χ1n) is 9.78. The second-order valence-corrected chi connectivity index (χ2v) is 7.62. The maximum absolute atomic E-state index is 14.8. The molecule has 3 aromatic rings. The smallest absolute Gasteiger partial charge is 0.251 e. The van der Waals surface area contributed by atoms with E-state index in [1.807, 2.05) is 10.6 Å². The summed E-state index contributed by atoms with van der Waals surface area (Å²) < 4.78 is 16.7. The normalized spacial score (nSPS) is 19.2. The first-order valence-corrected chi connectivity index (χ1v) is 9.78. The van der Waals surface area contributed by atoms with E-state index in [0.29, 0.717) is 36.2 Å². The zero-order chi connectivity index (χ0) is 20.5. The number of hydrogen-bond acceptors (Lipinski definition) is 3. The van der Waals surface area contributed by atoms with Gasteiger partial charge in [0.15, 0.2) is 0 Å². The maximum atomic E-state index is 14.8. The van der Waals surface area contributed by atoms with Gasteiger partial charge in [0.1, 0.15) is 5.82 Å². The lowest BCUT2D eigenvalue weighted by molar-refractivity contribution is 0.0969. The number of halogens is 1. The summed E-state index contributed by atoms with van der Waals surface area (Å²) in [6.07, 6.45) is 2.57. The fourth-order valence-electron chi connectivity index (χ4n) is 4.54. The fraction of sp³-hybridized carbons (Fsp3) is 0.304. The average molecular weight is 391 g/mol. The topological polar surface area (TPSA) is 92.0 Å². The number of aliphatic hydroxyl groups is 1. The second-order valence-electron chi connectivity index (χ2n) is 7.62. The van der Waals surface area contributed by atoms with Crippen molar-refractivity contribution >= 4 is 16.8 Å². The van der Waals surface area contributed by atoms with Crippen molar-refractivity contribution in [3.63, 3.8) is 0 Å². The third-order valence-corrected chi connectivity index (χ3v) is 5.80. The Bertz CT molecular complexity index is 1130. The van der Waals surface area contributed by atoms with Crippen molar-refractivity contribution in [1.29, 1.82) is 5.26 Å². The summed E-state index contributed by atoms with van der Waals surface area (Å²) >= 11 is 0. The predicted molar refractivity (Wildman–Crippen MR) is 108 cm³/mol. The lowest BCUT2D eigenvalue weighted by Crippen LogP contribution is -2.27.